The van der Waals surface area contributed by atoms with Crippen molar-refractivity contribution in [2.75, 3.05) is 34.7 Å². The number of carbonyl (C=O) groups excluding carboxylic acids is 2. The molecule has 2 heterocycles. The Morgan fingerprint density at radius 2 is 1.71 bits per heavy atom. The van der Waals surface area contributed by atoms with Crippen molar-refractivity contribution in [2.45, 2.75) is 26.4 Å². The van der Waals surface area contributed by atoms with Crippen LogP contribution in [0, 0.1) is 11.3 Å². The van der Waals surface area contributed by atoms with E-state index in [1.807, 2.05) is 19.1 Å². The van der Waals surface area contributed by atoms with Crippen LogP contribution in [-0.2, 0) is 25.5 Å². The Hall–Kier alpha value is -3.62. The number of methoxy groups -OCH3 is 3. The lowest BCUT2D eigenvalue weighted by molar-refractivity contribution is -0.153. The average Bonchev–Trinajstić information content (AvgIpc) is 3.38. The zero-order valence-corrected chi connectivity index (χ0v) is 19.7. The summed E-state index contributed by atoms with van der Waals surface area (Å²) in [6.45, 7) is 3.40. The molecule has 0 radical (unpaired) electrons. The van der Waals surface area contributed by atoms with Crippen molar-refractivity contribution in [3.63, 3.8) is 0 Å². The molecule has 0 spiro atoms. The number of cyclic esters (lactones) is 1. The Bertz CT molecular complexity index is 1190. The molecule has 9 heteroatoms. The van der Waals surface area contributed by atoms with Gasteiger partial charge in [-0.1, -0.05) is 0 Å². The highest BCUT2D eigenvalue weighted by Gasteiger charge is 2.55. The van der Waals surface area contributed by atoms with Crippen LogP contribution in [0.25, 0.3) is 11.1 Å². The first kappa shape index (κ1) is 22.2. The van der Waals surface area contributed by atoms with Crippen molar-refractivity contribution in [1.29, 1.82) is 0 Å². The zero-order valence-electron chi connectivity index (χ0n) is 19.7. The van der Waals surface area contributed by atoms with E-state index in [4.69, 9.17) is 33.2 Å². The fraction of sp³-hybridized carbons (Fsp3) is 0.440. The predicted molar refractivity (Wildman–Crippen MR) is 118 cm³/mol. The summed E-state index contributed by atoms with van der Waals surface area (Å²) >= 11 is 0. The van der Waals surface area contributed by atoms with E-state index in [0.29, 0.717) is 46.3 Å². The molecule has 0 aromatic heterocycles. The van der Waals surface area contributed by atoms with Crippen LogP contribution < -0.4 is 23.7 Å². The van der Waals surface area contributed by atoms with Gasteiger partial charge >= 0.3 is 11.9 Å². The highest BCUT2D eigenvalue weighted by molar-refractivity contribution is 5.87. The summed E-state index contributed by atoms with van der Waals surface area (Å²) in [5.74, 6) is 1.18. The summed E-state index contributed by atoms with van der Waals surface area (Å²) in [5, 5.41) is 0. The third-order valence-electron chi connectivity index (χ3n) is 6.93. The van der Waals surface area contributed by atoms with E-state index in [2.05, 4.69) is 0 Å². The first-order valence-corrected chi connectivity index (χ1v) is 10.9. The molecule has 9 nitrogen and oxygen atoms in total. The van der Waals surface area contributed by atoms with Gasteiger partial charge in [0.2, 0.25) is 12.5 Å². The molecule has 0 unspecified atom stereocenters. The second kappa shape index (κ2) is 8.00. The summed E-state index contributed by atoms with van der Waals surface area (Å²) in [4.78, 5) is 25.3. The highest BCUT2D eigenvalue weighted by Crippen LogP contribution is 2.57. The van der Waals surface area contributed by atoms with Gasteiger partial charge < -0.3 is 33.2 Å². The van der Waals surface area contributed by atoms with Gasteiger partial charge in [-0.05, 0) is 42.7 Å². The van der Waals surface area contributed by atoms with E-state index in [1.165, 1.54) is 14.0 Å². The van der Waals surface area contributed by atoms with Gasteiger partial charge in [0.15, 0.2) is 23.0 Å². The summed E-state index contributed by atoms with van der Waals surface area (Å²) in [5.41, 5.74) is 1.94. The first-order valence-electron chi connectivity index (χ1n) is 10.9. The molecule has 0 N–H and O–H groups in total. The van der Waals surface area contributed by atoms with E-state index in [0.717, 1.165) is 11.1 Å². The number of fused-ring (bicyclic) bond motifs is 5. The molecule has 2 aliphatic heterocycles. The Morgan fingerprint density at radius 1 is 1.00 bits per heavy atom. The van der Waals surface area contributed by atoms with Crippen LogP contribution >= 0.6 is 0 Å². The van der Waals surface area contributed by atoms with Crippen molar-refractivity contribution in [1.82, 2.24) is 0 Å². The van der Waals surface area contributed by atoms with E-state index in [1.54, 1.807) is 20.3 Å². The maximum absolute atomic E-state index is 13.1. The lowest BCUT2D eigenvalue weighted by atomic mass is 9.67. The minimum absolute atomic E-state index is 0.0785. The van der Waals surface area contributed by atoms with Crippen molar-refractivity contribution in [3.8, 4) is 39.9 Å². The van der Waals surface area contributed by atoms with Gasteiger partial charge in [0.05, 0.1) is 39.3 Å². The smallest absolute Gasteiger partial charge is 0.312 e. The van der Waals surface area contributed by atoms with Crippen LogP contribution in [0.5, 0.6) is 28.7 Å². The fourth-order valence-electron chi connectivity index (χ4n) is 5.28. The number of rotatable bonds is 4. The largest absolute Gasteiger partial charge is 0.493 e. The quantitative estimate of drug-likeness (QED) is 0.622. The van der Waals surface area contributed by atoms with Crippen LogP contribution in [0.4, 0.5) is 0 Å². The van der Waals surface area contributed by atoms with Gasteiger partial charge in [0.25, 0.3) is 0 Å². The summed E-state index contributed by atoms with van der Waals surface area (Å²) in [6.07, 6.45) is -0.446. The summed E-state index contributed by atoms with van der Waals surface area (Å²) < 4.78 is 39.8. The van der Waals surface area contributed by atoms with E-state index < -0.39 is 23.4 Å². The van der Waals surface area contributed by atoms with Gasteiger partial charge in [0, 0.05) is 18.1 Å². The van der Waals surface area contributed by atoms with Gasteiger partial charge in [-0.3, -0.25) is 9.59 Å². The van der Waals surface area contributed by atoms with Crippen LogP contribution in [0.3, 0.4) is 0 Å². The van der Waals surface area contributed by atoms with Gasteiger partial charge in [-0.25, -0.2) is 0 Å². The van der Waals surface area contributed by atoms with Crippen LogP contribution in [-0.4, -0.2) is 46.7 Å². The van der Waals surface area contributed by atoms with E-state index >= 15 is 0 Å². The first-order chi connectivity index (χ1) is 16.3. The molecule has 5 rings (SSSR count). The minimum Gasteiger partial charge on any atom is -0.493 e. The van der Waals surface area contributed by atoms with Gasteiger partial charge in [0.1, 0.15) is 6.10 Å². The number of ether oxygens (including phenoxy) is 7. The maximum Gasteiger partial charge on any atom is 0.312 e. The minimum atomic E-state index is -0.965. The number of hydrogen-bond donors (Lipinski definition) is 0. The zero-order chi connectivity index (χ0) is 24.2. The van der Waals surface area contributed by atoms with Crippen molar-refractivity contribution in [3.05, 3.63) is 29.3 Å². The molecule has 34 heavy (non-hydrogen) atoms. The highest BCUT2D eigenvalue weighted by atomic mass is 16.7. The molecule has 3 atom stereocenters. The fourth-order valence-corrected chi connectivity index (χ4v) is 5.28. The van der Waals surface area contributed by atoms with Crippen LogP contribution in [0.2, 0.25) is 0 Å². The number of hydrogen-bond acceptors (Lipinski definition) is 9. The van der Waals surface area contributed by atoms with E-state index in [-0.39, 0.29) is 19.4 Å². The second-order valence-corrected chi connectivity index (χ2v) is 8.80. The van der Waals surface area contributed by atoms with E-state index in [9.17, 15) is 9.59 Å². The Kier molecular flexibility index (Phi) is 5.22. The van der Waals surface area contributed by atoms with Crippen molar-refractivity contribution >= 4 is 11.9 Å². The standard InChI is InChI=1S/C25H26O9/c1-12(26)34-21-15-8-18-17(32-11-33-18)7-14(15)20-13(9-25(2)16(21)10-31-24(25)27)6-19(28-3)22(29-4)23(20)30-5/h6-8,16,21H,9-11H2,1-5H3/t16-,21+,25-/m1/s1. The summed E-state index contributed by atoms with van der Waals surface area (Å²) in [6, 6.07) is 5.51. The summed E-state index contributed by atoms with van der Waals surface area (Å²) in [7, 11) is 4.62. The molecular weight excluding hydrogens is 444 g/mol. The number of benzene rings is 2. The predicted octanol–water partition coefficient (Wildman–Crippen LogP) is 3.45. The number of esters is 2. The topological polar surface area (TPSA) is 98.8 Å². The lowest BCUT2D eigenvalue weighted by Crippen LogP contribution is -2.38. The lowest BCUT2D eigenvalue weighted by Gasteiger charge is -2.37. The Morgan fingerprint density at radius 3 is 2.35 bits per heavy atom. The molecular formula is C25H26O9. The Labute approximate surface area is 196 Å². The molecule has 2 aromatic carbocycles. The molecule has 180 valence electrons. The molecule has 3 aliphatic rings. The number of carbonyl (C=O) groups is 2. The average molecular weight is 470 g/mol. The van der Waals surface area contributed by atoms with Crippen LogP contribution in [0.1, 0.15) is 31.1 Å². The monoisotopic (exact) mass is 470 g/mol. The second-order valence-electron chi connectivity index (χ2n) is 8.80. The normalized spacial score (nSPS) is 24.1. The SMILES string of the molecule is COc1cc2c(c(OC)c1OC)-c1cc3c(cc1[C@H](OC(C)=O)[C@H]1COC(=O)[C@]1(C)C2)OCO3. The maximum atomic E-state index is 13.1. The molecule has 0 saturated carbocycles. The molecule has 2 aromatic rings. The molecule has 1 saturated heterocycles. The third-order valence-corrected chi connectivity index (χ3v) is 6.93. The van der Waals surface area contributed by atoms with Crippen molar-refractivity contribution < 1.29 is 42.7 Å². The van der Waals surface area contributed by atoms with Crippen molar-refractivity contribution in [2.24, 2.45) is 11.3 Å². The third kappa shape index (κ3) is 3.13. The molecule has 0 amide bonds. The van der Waals surface area contributed by atoms with Crippen LogP contribution in [0.15, 0.2) is 18.2 Å². The van der Waals surface area contributed by atoms with Gasteiger partial charge in [-0.15, -0.1) is 0 Å². The molecule has 0 bridgehead atoms. The molecule has 1 aliphatic carbocycles. The molecule has 1 fully saturated rings. The Balaban J connectivity index is 1.89. The van der Waals surface area contributed by atoms with Gasteiger partial charge in [-0.2, -0.15) is 0 Å².